The smallest absolute Gasteiger partial charge is 0.302 e. The minimum atomic E-state index is -0.387. The van der Waals surface area contributed by atoms with Crippen molar-refractivity contribution >= 4 is 34.3 Å². The van der Waals surface area contributed by atoms with Crippen molar-refractivity contribution < 1.29 is 23.6 Å². The SMILES string of the molecule is COc1ccc(C2=NN(Cc3ccc(NC(=O)c4ccno4)cc3)C(=O)SC2)cc1OC. The number of aromatic nitrogens is 1. The summed E-state index contributed by atoms with van der Waals surface area (Å²) in [5, 5.41) is 12.1. The predicted molar refractivity (Wildman–Crippen MR) is 120 cm³/mol. The van der Waals surface area contributed by atoms with Crippen molar-refractivity contribution in [2.24, 2.45) is 5.10 Å². The van der Waals surface area contributed by atoms with E-state index in [0.717, 1.165) is 16.8 Å². The molecule has 2 aromatic carbocycles. The maximum Gasteiger partial charge on any atom is 0.302 e. The summed E-state index contributed by atoms with van der Waals surface area (Å²) in [6.45, 7) is 0.305. The number of hydrogen-bond acceptors (Lipinski definition) is 8. The van der Waals surface area contributed by atoms with Crippen LogP contribution in [0.4, 0.5) is 10.5 Å². The van der Waals surface area contributed by atoms with Gasteiger partial charge in [0.05, 0.1) is 32.7 Å². The van der Waals surface area contributed by atoms with Crippen molar-refractivity contribution in [3.05, 3.63) is 71.6 Å². The lowest BCUT2D eigenvalue weighted by molar-refractivity contribution is 0.0988. The largest absolute Gasteiger partial charge is 0.493 e. The molecule has 1 N–H and O–H groups in total. The molecule has 0 unspecified atom stereocenters. The number of anilines is 1. The van der Waals surface area contributed by atoms with Gasteiger partial charge in [0.25, 0.3) is 5.91 Å². The number of methoxy groups -OCH3 is 2. The fraction of sp³-hybridized carbons (Fsp3) is 0.182. The molecule has 4 rings (SSSR count). The molecule has 0 saturated heterocycles. The van der Waals surface area contributed by atoms with E-state index < -0.39 is 0 Å². The molecule has 1 aliphatic rings. The van der Waals surface area contributed by atoms with Crippen molar-refractivity contribution in [3.8, 4) is 11.5 Å². The number of nitrogens with one attached hydrogen (secondary N) is 1. The number of rotatable bonds is 7. The van der Waals surface area contributed by atoms with Gasteiger partial charge in [-0.3, -0.25) is 9.59 Å². The van der Waals surface area contributed by atoms with Gasteiger partial charge in [0, 0.05) is 23.1 Å². The van der Waals surface area contributed by atoms with Gasteiger partial charge < -0.3 is 19.3 Å². The van der Waals surface area contributed by atoms with Crippen LogP contribution in [0.2, 0.25) is 0 Å². The average molecular weight is 452 g/mol. The number of benzene rings is 2. The summed E-state index contributed by atoms with van der Waals surface area (Å²) < 4.78 is 15.5. The van der Waals surface area contributed by atoms with Gasteiger partial charge >= 0.3 is 5.24 Å². The highest BCUT2D eigenvalue weighted by Crippen LogP contribution is 2.30. The summed E-state index contributed by atoms with van der Waals surface area (Å²) in [5.41, 5.74) is 3.10. The van der Waals surface area contributed by atoms with Gasteiger partial charge in [0.1, 0.15) is 0 Å². The molecule has 0 aliphatic carbocycles. The Bertz CT molecular complexity index is 1150. The van der Waals surface area contributed by atoms with E-state index >= 15 is 0 Å². The van der Waals surface area contributed by atoms with Gasteiger partial charge in [-0.2, -0.15) is 5.10 Å². The van der Waals surface area contributed by atoms with Gasteiger partial charge in [-0.05, 0) is 35.9 Å². The quantitative estimate of drug-likeness (QED) is 0.577. The highest BCUT2D eigenvalue weighted by molar-refractivity contribution is 8.14. The third-order valence-corrected chi connectivity index (χ3v) is 5.58. The van der Waals surface area contributed by atoms with E-state index in [9.17, 15) is 9.59 Å². The van der Waals surface area contributed by atoms with Crippen LogP contribution in [0.1, 0.15) is 21.7 Å². The van der Waals surface area contributed by atoms with Gasteiger partial charge in [0.2, 0.25) is 5.76 Å². The molecule has 9 nitrogen and oxygen atoms in total. The number of carbonyl (C=O) groups excluding carboxylic acids is 2. The van der Waals surface area contributed by atoms with Crippen LogP contribution in [0, 0.1) is 0 Å². The molecule has 0 spiro atoms. The molecule has 2 heterocycles. The fourth-order valence-electron chi connectivity index (χ4n) is 3.07. The van der Waals surface area contributed by atoms with Crippen LogP contribution < -0.4 is 14.8 Å². The Hall–Kier alpha value is -3.79. The van der Waals surface area contributed by atoms with Crippen LogP contribution in [-0.2, 0) is 6.54 Å². The molecule has 0 bridgehead atoms. The van der Waals surface area contributed by atoms with Gasteiger partial charge in [-0.25, -0.2) is 5.01 Å². The van der Waals surface area contributed by atoms with Crippen LogP contribution >= 0.6 is 11.8 Å². The summed E-state index contributed by atoms with van der Waals surface area (Å²) in [6.07, 6.45) is 1.41. The average Bonchev–Trinajstić information content (AvgIpc) is 3.36. The van der Waals surface area contributed by atoms with Gasteiger partial charge in [-0.1, -0.05) is 29.1 Å². The molecule has 0 fully saturated rings. The summed E-state index contributed by atoms with van der Waals surface area (Å²) >= 11 is 1.19. The number of nitrogens with zero attached hydrogens (tertiary/aromatic N) is 3. The zero-order valence-electron chi connectivity index (χ0n) is 17.4. The van der Waals surface area contributed by atoms with Crippen molar-refractivity contribution in [1.82, 2.24) is 10.2 Å². The van der Waals surface area contributed by atoms with Crippen molar-refractivity contribution in [3.63, 3.8) is 0 Å². The van der Waals surface area contributed by atoms with E-state index in [1.54, 1.807) is 26.4 Å². The van der Waals surface area contributed by atoms with Crippen molar-refractivity contribution in [1.29, 1.82) is 0 Å². The Labute approximate surface area is 188 Å². The van der Waals surface area contributed by atoms with E-state index in [-0.39, 0.29) is 16.9 Å². The monoisotopic (exact) mass is 452 g/mol. The molecule has 0 atom stereocenters. The zero-order valence-corrected chi connectivity index (χ0v) is 18.2. The molecule has 10 heteroatoms. The second kappa shape index (κ2) is 9.56. The lowest BCUT2D eigenvalue weighted by Gasteiger charge is -2.23. The fourth-order valence-corrected chi connectivity index (χ4v) is 3.81. The first-order valence-corrected chi connectivity index (χ1v) is 10.6. The van der Waals surface area contributed by atoms with Crippen LogP contribution in [-0.4, -0.2) is 47.0 Å². The zero-order chi connectivity index (χ0) is 22.5. The highest BCUT2D eigenvalue weighted by Gasteiger charge is 2.23. The number of thioether (sulfide) groups is 1. The third kappa shape index (κ3) is 4.75. The number of hydrogen-bond donors (Lipinski definition) is 1. The molecule has 0 saturated carbocycles. The Kier molecular flexibility index (Phi) is 6.41. The molecule has 1 aromatic heterocycles. The van der Waals surface area contributed by atoms with Crippen LogP contribution in [0.5, 0.6) is 11.5 Å². The number of amides is 2. The Morgan fingerprint density at radius 3 is 2.59 bits per heavy atom. The summed E-state index contributed by atoms with van der Waals surface area (Å²) in [5.74, 6) is 1.44. The van der Waals surface area contributed by atoms with E-state index in [1.165, 1.54) is 29.0 Å². The number of ether oxygens (including phenoxy) is 2. The predicted octanol–water partition coefficient (Wildman–Crippen LogP) is 4.02. The van der Waals surface area contributed by atoms with Gasteiger partial charge in [-0.15, -0.1) is 0 Å². The van der Waals surface area contributed by atoms with E-state index in [4.69, 9.17) is 14.0 Å². The van der Waals surface area contributed by atoms with E-state index in [0.29, 0.717) is 29.5 Å². The molecule has 3 aromatic rings. The molecule has 2 amide bonds. The standard InChI is InChI=1S/C22H20N4O5S/c1-29-18-8-5-15(11-20(18)30-2)17-13-32-22(28)26(25-17)12-14-3-6-16(7-4-14)24-21(27)19-9-10-23-31-19/h3-11H,12-13H2,1-2H3,(H,24,27). The number of carbonyl (C=O) groups is 2. The maximum atomic E-state index is 12.4. The minimum absolute atomic E-state index is 0.127. The molecule has 164 valence electrons. The first-order valence-electron chi connectivity index (χ1n) is 9.62. The molecule has 0 radical (unpaired) electrons. The van der Waals surface area contributed by atoms with Crippen LogP contribution in [0.3, 0.4) is 0 Å². The molecular weight excluding hydrogens is 432 g/mol. The minimum Gasteiger partial charge on any atom is -0.493 e. The van der Waals surface area contributed by atoms with Gasteiger partial charge in [0.15, 0.2) is 11.5 Å². The first-order chi connectivity index (χ1) is 15.6. The van der Waals surface area contributed by atoms with Crippen molar-refractivity contribution in [2.75, 3.05) is 25.3 Å². The topological polar surface area (TPSA) is 106 Å². The second-order valence-corrected chi connectivity index (χ2v) is 7.68. The van der Waals surface area contributed by atoms with E-state index in [1.807, 2.05) is 30.3 Å². The second-order valence-electron chi connectivity index (χ2n) is 6.76. The normalized spacial score (nSPS) is 13.5. The maximum absolute atomic E-state index is 12.4. The Balaban J connectivity index is 1.47. The molecule has 32 heavy (non-hydrogen) atoms. The summed E-state index contributed by atoms with van der Waals surface area (Å²) in [7, 11) is 3.16. The first kappa shape index (κ1) is 21.4. The summed E-state index contributed by atoms with van der Waals surface area (Å²) in [4.78, 5) is 24.4. The number of hydrazone groups is 1. The van der Waals surface area contributed by atoms with Crippen molar-refractivity contribution in [2.45, 2.75) is 6.54 Å². The Morgan fingerprint density at radius 1 is 1.12 bits per heavy atom. The van der Waals surface area contributed by atoms with E-state index in [2.05, 4.69) is 15.6 Å². The third-order valence-electron chi connectivity index (χ3n) is 4.71. The van der Waals surface area contributed by atoms with Crippen LogP contribution in [0.25, 0.3) is 0 Å². The highest BCUT2D eigenvalue weighted by atomic mass is 32.2. The lowest BCUT2D eigenvalue weighted by Crippen LogP contribution is -2.29. The Morgan fingerprint density at radius 2 is 1.91 bits per heavy atom. The molecular formula is C22H20N4O5S. The molecule has 1 aliphatic heterocycles. The summed E-state index contributed by atoms with van der Waals surface area (Å²) in [6, 6.07) is 14.2. The lowest BCUT2D eigenvalue weighted by atomic mass is 10.1. The van der Waals surface area contributed by atoms with Crippen LogP contribution in [0.15, 0.2) is 64.4 Å².